The maximum atomic E-state index is 12.4. The average Bonchev–Trinajstić information content (AvgIpc) is 3.37. The lowest BCUT2D eigenvalue weighted by Crippen LogP contribution is -2.40. The molecule has 0 aliphatic carbocycles. The molecule has 0 saturated carbocycles. The van der Waals surface area contributed by atoms with Crippen LogP contribution in [-0.4, -0.2) is 35.4 Å². The molecule has 10 heteroatoms. The van der Waals surface area contributed by atoms with Gasteiger partial charge in [-0.3, -0.25) is 9.38 Å². The molecule has 4 aromatic rings. The minimum Gasteiger partial charge on any atom is -0.337 e. The van der Waals surface area contributed by atoms with Gasteiger partial charge >= 0.3 is 6.03 Å². The minimum absolute atomic E-state index is 0.0524. The summed E-state index contributed by atoms with van der Waals surface area (Å²) in [5.74, 6) is 0. The van der Waals surface area contributed by atoms with Gasteiger partial charge in [-0.25, -0.2) is 22.9 Å². The average molecular weight is 498 g/mol. The van der Waals surface area contributed by atoms with Crippen molar-refractivity contribution in [3.05, 3.63) is 70.1 Å². The van der Waals surface area contributed by atoms with Gasteiger partial charge in [-0.05, 0) is 57.9 Å². The van der Waals surface area contributed by atoms with Crippen LogP contribution in [0.3, 0.4) is 0 Å². The van der Waals surface area contributed by atoms with E-state index in [1.165, 1.54) is 12.1 Å². The van der Waals surface area contributed by atoms with E-state index in [2.05, 4.69) is 32.4 Å². The van der Waals surface area contributed by atoms with E-state index in [4.69, 9.17) is 4.98 Å². The number of nitrogens with zero attached hydrogens (tertiary/aromatic N) is 3. The van der Waals surface area contributed by atoms with Crippen LogP contribution in [0.15, 0.2) is 47.5 Å². The molecule has 0 saturated heterocycles. The van der Waals surface area contributed by atoms with Crippen molar-refractivity contribution in [3.8, 4) is 10.6 Å². The molecular weight excluding hydrogens is 470 g/mol. The summed E-state index contributed by atoms with van der Waals surface area (Å²) < 4.78 is 28.9. The van der Waals surface area contributed by atoms with Gasteiger partial charge in [0, 0.05) is 17.6 Å². The Hall–Kier alpha value is -3.24. The first-order chi connectivity index (χ1) is 16.2. The summed E-state index contributed by atoms with van der Waals surface area (Å²) >= 11 is 1.64. The Kier molecular flexibility index (Phi) is 6.72. The summed E-state index contributed by atoms with van der Waals surface area (Å²) in [7, 11) is -3.91. The maximum absolute atomic E-state index is 12.4. The van der Waals surface area contributed by atoms with E-state index in [9.17, 15) is 13.2 Å². The van der Waals surface area contributed by atoms with Crippen molar-refractivity contribution in [2.45, 2.75) is 45.4 Å². The number of hydrogen-bond acceptors (Lipinski definition) is 6. The zero-order valence-corrected chi connectivity index (χ0v) is 21.2. The van der Waals surface area contributed by atoms with Crippen LogP contribution in [-0.2, 0) is 22.9 Å². The predicted molar refractivity (Wildman–Crippen MR) is 134 cm³/mol. The van der Waals surface area contributed by atoms with Gasteiger partial charge in [-0.2, -0.15) is 0 Å². The number of rotatable bonds is 7. The SMILES string of the molecule is CCc1nc2c(C)nc(C)cn2c1-c1ccc(CCNC(=O)NS(=O)(=O)c2ccc(C)cc2)s1. The second-order valence-corrected chi connectivity index (χ2v) is 11.0. The van der Waals surface area contributed by atoms with E-state index in [0.717, 1.165) is 50.2 Å². The number of benzene rings is 1. The number of carbonyl (C=O) groups excluding carboxylic acids is 1. The second-order valence-electron chi connectivity index (χ2n) is 8.11. The maximum Gasteiger partial charge on any atom is 0.328 e. The Morgan fingerprint density at radius 1 is 1.06 bits per heavy atom. The van der Waals surface area contributed by atoms with Crippen LogP contribution >= 0.6 is 11.3 Å². The third kappa shape index (κ3) is 4.97. The highest BCUT2D eigenvalue weighted by Crippen LogP contribution is 2.32. The van der Waals surface area contributed by atoms with E-state index in [0.29, 0.717) is 13.0 Å². The van der Waals surface area contributed by atoms with Crippen molar-refractivity contribution >= 4 is 33.0 Å². The number of imidazole rings is 1. The molecule has 4 rings (SSSR count). The Morgan fingerprint density at radius 2 is 1.79 bits per heavy atom. The van der Waals surface area contributed by atoms with E-state index < -0.39 is 16.1 Å². The topological polar surface area (TPSA) is 105 Å². The molecule has 0 spiro atoms. The van der Waals surface area contributed by atoms with Gasteiger partial charge in [0.15, 0.2) is 5.65 Å². The fourth-order valence-corrected chi connectivity index (χ4v) is 5.77. The van der Waals surface area contributed by atoms with Crippen LogP contribution in [0.1, 0.15) is 34.4 Å². The molecule has 0 atom stereocenters. The number of aromatic nitrogens is 3. The number of sulfonamides is 1. The first-order valence-electron chi connectivity index (χ1n) is 11.0. The molecule has 2 amide bonds. The van der Waals surface area contributed by atoms with Gasteiger partial charge in [0.05, 0.1) is 32.5 Å². The molecule has 3 aromatic heterocycles. The quantitative estimate of drug-likeness (QED) is 0.399. The van der Waals surface area contributed by atoms with Crippen molar-refractivity contribution in [3.63, 3.8) is 0 Å². The largest absolute Gasteiger partial charge is 0.337 e. The third-order valence-electron chi connectivity index (χ3n) is 5.41. The van der Waals surface area contributed by atoms with Gasteiger partial charge in [-0.1, -0.05) is 24.6 Å². The summed E-state index contributed by atoms with van der Waals surface area (Å²) in [4.78, 5) is 23.7. The molecule has 0 bridgehead atoms. The summed E-state index contributed by atoms with van der Waals surface area (Å²) in [6, 6.07) is 9.68. The molecule has 3 heterocycles. The number of thiophene rings is 1. The molecule has 0 radical (unpaired) electrons. The van der Waals surface area contributed by atoms with Gasteiger partial charge in [-0.15, -0.1) is 11.3 Å². The van der Waals surface area contributed by atoms with Crippen molar-refractivity contribution in [2.24, 2.45) is 0 Å². The van der Waals surface area contributed by atoms with Crippen molar-refractivity contribution < 1.29 is 13.2 Å². The van der Waals surface area contributed by atoms with Crippen LogP contribution < -0.4 is 10.0 Å². The Labute approximate surface area is 203 Å². The van der Waals surface area contributed by atoms with Gasteiger partial charge in [0.25, 0.3) is 10.0 Å². The summed E-state index contributed by atoms with van der Waals surface area (Å²) in [5, 5.41) is 2.63. The number of carbonyl (C=O) groups is 1. The van der Waals surface area contributed by atoms with Crippen molar-refractivity contribution in [1.29, 1.82) is 0 Å². The lowest BCUT2D eigenvalue weighted by Gasteiger charge is -2.08. The summed E-state index contributed by atoms with van der Waals surface area (Å²) in [6.45, 7) is 8.20. The highest BCUT2D eigenvalue weighted by molar-refractivity contribution is 7.90. The normalized spacial score (nSPS) is 11.6. The van der Waals surface area contributed by atoms with Crippen LogP contribution in [0.25, 0.3) is 16.2 Å². The van der Waals surface area contributed by atoms with Gasteiger partial charge in [0.2, 0.25) is 0 Å². The number of urea groups is 1. The fourth-order valence-electron chi connectivity index (χ4n) is 3.77. The van der Waals surface area contributed by atoms with E-state index >= 15 is 0 Å². The van der Waals surface area contributed by atoms with Crippen LogP contribution in [0.4, 0.5) is 4.79 Å². The van der Waals surface area contributed by atoms with Gasteiger partial charge in [0.1, 0.15) is 0 Å². The van der Waals surface area contributed by atoms with E-state index in [-0.39, 0.29) is 4.90 Å². The molecule has 1 aromatic carbocycles. The lowest BCUT2D eigenvalue weighted by molar-refractivity contribution is 0.246. The van der Waals surface area contributed by atoms with E-state index in [1.54, 1.807) is 23.5 Å². The lowest BCUT2D eigenvalue weighted by atomic mass is 10.2. The molecule has 0 aliphatic heterocycles. The Balaban J connectivity index is 1.42. The molecule has 178 valence electrons. The number of nitrogens with one attached hydrogen (secondary N) is 2. The van der Waals surface area contributed by atoms with Gasteiger partial charge < -0.3 is 5.32 Å². The first-order valence-corrected chi connectivity index (χ1v) is 13.3. The second kappa shape index (κ2) is 9.55. The minimum atomic E-state index is -3.91. The molecule has 8 nitrogen and oxygen atoms in total. The monoisotopic (exact) mass is 497 g/mol. The standard InChI is InChI=1S/C24H27N5O3S2/c1-5-20-22(29-14-16(3)26-17(4)23(29)27-20)21-11-8-18(33-21)12-13-25-24(30)28-34(31,32)19-9-6-15(2)7-10-19/h6-11,14H,5,12-13H2,1-4H3,(H2,25,28,30). The molecule has 0 unspecified atom stereocenters. The molecular formula is C24H27N5O3S2. The van der Waals surface area contributed by atoms with Crippen LogP contribution in [0.2, 0.25) is 0 Å². The first kappa shape index (κ1) is 23.9. The Morgan fingerprint density at radius 3 is 2.50 bits per heavy atom. The van der Waals surface area contributed by atoms with E-state index in [1.807, 2.05) is 33.0 Å². The molecule has 34 heavy (non-hydrogen) atoms. The number of amides is 2. The third-order valence-corrected chi connectivity index (χ3v) is 7.91. The zero-order chi connectivity index (χ0) is 24.5. The van der Waals surface area contributed by atoms with Crippen LogP contribution in [0, 0.1) is 20.8 Å². The van der Waals surface area contributed by atoms with Crippen molar-refractivity contribution in [2.75, 3.05) is 6.54 Å². The molecule has 0 fully saturated rings. The highest BCUT2D eigenvalue weighted by Gasteiger charge is 2.18. The molecule has 2 N–H and O–H groups in total. The molecule has 0 aliphatic rings. The fraction of sp³-hybridized carbons (Fsp3) is 0.292. The number of aryl methyl sites for hydroxylation is 4. The number of hydrogen-bond donors (Lipinski definition) is 2. The summed E-state index contributed by atoms with van der Waals surface area (Å²) in [5.41, 5.74) is 5.71. The van der Waals surface area contributed by atoms with Crippen molar-refractivity contribution in [1.82, 2.24) is 24.4 Å². The highest BCUT2D eigenvalue weighted by atomic mass is 32.2. The Bertz CT molecular complexity index is 1450. The smallest absolute Gasteiger partial charge is 0.328 e. The van der Waals surface area contributed by atoms with Crippen LogP contribution in [0.5, 0.6) is 0 Å². The number of fused-ring (bicyclic) bond motifs is 1. The predicted octanol–water partition coefficient (Wildman–Crippen LogP) is 4.18. The zero-order valence-electron chi connectivity index (χ0n) is 19.5. The summed E-state index contributed by atoms with van der Waals surface area (Å²) in [6.07, 6.45) is 3.39.